The van der Waals surface area contributed by atoms with Crippen molar-refractivity contribution >= 4 is 12.2 Å². The molecule has 0 atom stereocenters. The van der Waals surface area contributed by atoms with Gasteiger partial charge >= 0.3 is 0 Å². The Labute approximate surface area is 139 Å². The first-order chi connectivity index (χ1) is 11.3. The highest BCUT2D eigenvalue weighted by Gasteiger charge is 2.00. The summed E-state index contributed by atoms with van der Waals surface area (Å²) in [4.78, 5) is 21.3. The Morgan fingerprint density at radius 3 is 2.04 bits per heavy atom. The van der Waals surface area contributed by atoms with Crippen molar-refractivity contribution in [3.8, 4) is 0 Å². The largest absolute Gasteiger partial charge is 0.378 e. The van der Waals surface area contributed by atoms with E-state index in [1.165, 1.54) is 0 Å². The highest BCUT2D eigenvalue weighted by atomic mass is 16.5. The lowest BCUT2D eigenvalue weighted by molar-refractivity contribution is -0.126. The van der Waals surface area contributed by atoms with Crippen molar-refractivity contribution < 1.29 is 28.5 Å². The van der Waals surface area contributed by atoms with E-state index >= 15 is 0 Å². The zero-order chi connectivity index (χ0) is 17.6. The van der Waals surface area contributed by atoms with Crippen LogP contribution in [0.25, 0.3) is 0 Å². The van der Waals surface area contributed by atoms with Gasteiger partial charge in [0.1, 0.15) is 19.5 Å². The number of aldehydes is 1. The summed E-state index contributed by atoms with van der Waals surface area (Å²) in [5.74, 6) is -0.189. The molecule has 0 saturated heterocycles. The van der Waals surface area contributed by atoms with Gasteiger partial charge < -0.3 is 34.4 Å². The second kappa shape index (κ2) is 23.2. The predicted molar refractivity (Wildman–Crippen MR) is 87.6 cm³/mol. The Hall–Kier alpha value is -1.06. The zero-order valence-electron chi connectivity index (χ0n) is 14.6. The average Bonchev–Trinajstić information content (AvgIpc) is 2.58. The number of rotatable bonds is 16. The first-order valence-corrected chi connectivity index (χ1v) is 7.97. The minimum absolute atomic E-state index is 0.0117. The summed E-state index contributed by atoms with van der Waals surface area (Å²) in [5.41, 5.74) is 0. The fourth-order valence-electron chi connectivity index (χ4n) is 1.22. The molecule has 8 heteroatoms. The molecule has 0 heterocycles. The summed E-state index contributed by atoms with van der Waals surface area (Å²) < 4.78 is 20.5. The molecule has 0 rings (SSSR count). The van der Waals surface area contributed by atoms with Crippen LogP contribution >= 0.6 is 0 Å². The van der Waals surface area contributed by atoms with E-state index in [1.54, 1.807) is 0 Å². The lowest BCUT2D eigenvalue weighted by atomic mass is 10.6. The summed E-state index contributed by atoms with van der Waals surface area (Å²) in [5, 5.41) is 5.62. The summed E-state index contributed by atoms with van der Waals surface area (Å²) >= 11 is 0. The molecule has 0 aromatic rings. The fourth-order valence-corrected chi connectivity index (χ4v) is 1.22. The Bertz CT molecular complexity index is 254. The fraction of sp³-hybridized carbons (Fsp3) is 0.867. The number of carbonyl (C=O) groups is 2. The van der Waals surface area contributed by atoms with Crippen LogP contribution in [0.1, 0.15) is 13.8 Å². The van der Waals surface area contributed by atoms with E-state index in [2.05, 4.69) is 10.6 Å². The van der Waals surface area contributed by atoms with Gasteiger partial charge in [-0.1, -0.05) is 13.8 Å². The monoisotopic (exact) mass is 336 g/mol. The van der Waals surface area contributed by atoms with Gasteiger partial charge in [-0.25, -0.2) is 0 Å². The lowest BCUT2D eigenvalue weighted by Gasteiger charge is -2.07. The molecule has 23 heavy (non-hydrogen) atoms. The van der Waals surface area contributed by atoms with E-state index in [-0.39, 0.29) is 19.1 Å². The molecule has 8 nitrogen and oxygen atoms in total. The van der Waals surface area contributed by atoms with E-state index < -0.39 is 0 Å². The van der Waals surface area contributed by atoms with Gasteiger partial charge in [0.05, 0.1) is 39.6 Å². The second-order valence-electron chi connectivity index (χ2n) is 3.97. The van der Waals surface area contributed by atoms with Gasteiger partial charge in [-0.05, 0) is 7.05 Å². The molecule has 0 unspecified atom stereocenters. The number of nitrogens with one attached hydrogen (secondary N) is 2. The molecule has 0 bridgehead atoms. The Balaban J connectivity index is 0. The van der Waals surface area contributed by atoms with Gasteiger partial charge in [0.2, 0.25) is 5.91 Å². The maximum Gasteiger partial charge on any atom is 0.246 e. The van der Waals surface area contributed by atoms with Gasteiger partial charge in [0, 0.05) is 13.1 Å². The second-order valence-corrected chi connectivity index (χ2v) is 3.97. The summed E-state index contributed by atoms with van der Waals surface area (Å²) in [7, 11) is 1.85. The molecule has 0 aliphatic carbocycles. The molecule has 0 radical (unpaired) electrons. The molecule has 0 aliphatic rings. The number of carbonyl (C=O) groups excluding carboxylic acids is 2. The van der Waals surface area contributed by atoms with Crippen molar-refractivity contribution in [2.24, 2.45) is 0 Å². The van der Waals surface area contributed by atoms with E-state index in [1.807, 2.05) is 20.9 Å². The summed E-state index contributed by atoms with van der Waals surface area (Å²) in [6.07, 6.45) is 0.686. The van der Waals surface area contributed by atoms with Crippen LogP contribution in [0.2, 0.25) is 0 Å². The van der Waals surface area contributed by atoms with Crippen molar-refractivity contribution in [1.82, 2.24) is 10.6 Å². The van der Waals surface area contributed by atoms with Crippen LogP contribution < -0.4 is 10.6 Å². The van der Waals surface area contributed by atoms with E-state index in [4.69, 9.17) is 18.9 Å². The minimum Gasteiger partial charge on any atom is -0.378 e. The highest BCUT2D eigenvalue weighted by Crippen LogP contribution is 1.80. The topological polar surface area (TPSA) is 95.1 Å². The molecular weight excluding hydrogens is 304 g/mol. The summed E-state index contributed by atoms with van der Waals surface area (Å²) in [6, 6.07) is 0. The average molecular weight is 336 g/mol. The first-order valence-electron chi connectivity index (χ1n) is 7.97. The normalized spacial score (nSPS) is 9.87. The number of ether oxygens (including phenoxy) is 4. The van der Waals surface area contributed by atoms with Crippen molar-refractivity contribution in [2.45, 2.75) is 13.8 Å². The van der Waals surface area contributed by atoms with Gasteiger partial charge in [-0.15, -0.1) is 0 Å². The smallest absolute Gasteiger partial charge is 0.246 e. The van der Waals surface area contributed by atoms with Crippen LogP contribution in [0, 0.1) is 0 Å². The third kappa shape index (κ3) is 23.3. The van der Waals surface area contributed by atoms with Gasteiger partial charge in [-0.3, -0.25) is 4.79 Å². The Morgan fingerprint density at radius 1 is 0.870 bits per heavy atom. The SMILES string of the molecule is CC.CNCCOCCOCC(=O)NCCOCCOCC=O. The molecule has 138 valence electrons. The van der Waals surface area contributed by atoms with E-state index in [9.17, 15) is 9.59 Å². The number of likely N-dealkylation sites (N-methyl/N-ethyl adjacent to an activating group) is 1. The van der Waals surface area contributed by atoms with Gasteiger partial charge in [0.25, 0.3) is 0 Å². The van der Waals surface area contributed by atoms with Crippen LogP contribution in [0.4, 0.5) is 0 Å². The molecule has 2 N–H and O–H groups in total. The molecule has 0 saturated carbocycles. The molecule has 0 aromatic heterocycles. The maximum absolute atomic E-state index is 11.3. The lowest BCUT2D eigenvalue weighted by Crippen LogP contribution is -2.31. The first kappa shape index (κ1) is 24.2. The van der Waals surface area contributed by atoms with Crippen LogP contribution in [-0.4, -0.2) is 85.2 Å². The standard InChI is InChI=1S/C13H26N2O6.C2H6/c1-14-2-5-18-10-11-21-12-13(17)15-3-6-19-8-9-20-7-4-16;1-2/h4,14H,2-3,5-12H2,1H3,(H,15,17);1-2H3. The van der Waals surface area contributed by atoms with Gasteiger partial charge in [0.15, 0.2) is 0 Å². The molecule has 0 fully saturated rings. The van der Waals surface area contributed by atoms with Gasteiger partial charge in [-0.2, -0.15) is 0 Å². The molecule has 0 aliphatic heterocycles. The third-order valence-corrected chi connectivity index (χ3v) is 2.23. The van der Waals surface area contributed by atoms with Crippen molar-refractivity contribution in [2.75, 3.05) is 73.0 Å². The van der Waals surface area contributed by atoms with Crippen molar-refractivity contribution in [3.05, 3.63) is 0 Å². The van der Waals surface area contributed by atoms with Crippen molar-refractivity contribution in [3.63, 3.8) is 0 Å². The molecule has 0 spiro atoms. The quantitative estimate of drug-likeness (QED) is 0.293. The Morgan fingerprint density at radius 2 is 1.43 bits per heavy atom. The van der Waals surface area contributed by atoms with E-state index in [0.29, 0.717) is 52.5 Å². The van der Waals surface area contributed by atoms with Crippen LogP contribution in [0.15, 0.2) is 0 Å². The highest BCUT2D eigenvalue weighted by molar-refractivity contribution is 5.77. The number of hydrogen-bond donors (Lipinski definition) is 2. The number of amides is 1. The van der Waals surface area contributed by atoms with E-state index in [0.717, 1.165) is 6.54 Å². The Kier molecular flexibility index (Phi) is 24.4. The predicted octanol–water partition coefficient (Wildman–Crippen LogP) is -0.386. The molecule has 0 aromatic carbocycles. The zero-order valence-corrected chi connectivity index (χ0v) is 14.6. The van der Waals surface area contributed by atoms with Crippen LogP contribution in [0.5, 0.6) is 0 Å². The molecular formula is C15H32N2O6. The number of hydrogen-bond acceptors (Lipinski definition) is 7. The summed E-state index contributed by atoms with van der Waals surface area (Å²) in [6.45, 7) is 7.93. The molecule has 1 amide bonds. The third-order valence-electron chi connectivity index (χ3n) is 2.23. The van der Waals surface area contributed by atoms with Crippen molar-refractivity contribution in [1.29, 1.82) is 0 Å². The van der Waals surface area contributed by atoms with Crippen LogP contribution in [0.3, 0.4) is 0 Å². The maximum atomic E-state index is 11.3. The van der Waals surface area contributed by atoms with Crippen LogP contribution in [-0.2, 0) is 28.5 Å². The minimum atomic E-state index is -0.189.